The van der Waals surface area contributed by atoms with Crippen LogP contribution in [0.2, 0.25) is 0 Å². The Morgan fingerprint density at radius 1 is 1.19 bits per heavy atom. The Balaban J connectivity index is 1.18. The van der Waals surface area contributed by atoms with E-state index in [9.17, 15) is 4.39 Å². The SMILES string of the molecule is C#Cc1c(F)ccc2cccc(-c3ncc4c(N5CC6CCC(C5)N6)nc(OCCCn5ccc(S/N=C/N=C(C)N)n5)nc4c3F)c12. The summed E-state index contributed by atoms with van der Waals surface area (Å²) in [5.74, 6) is 2.21. The molecule has 2 aromatic carbocycles. The largest absolute Gasteiger partial charge is 0.463 e. The summed E-state index contributed by atoms with van der Waals surface area (Å²) in [6, 6.07) is 10.8. The quantitative estimate of drug-likeness (QED) is 0.0685. The lowest BCUT2D eigenvalue weighted by Gasteiger charge is -2.34. The minimum Gasteiger partial charge on any atom is -0.463 e. The number of aromatic nitrogens is 5. The summed E-state index contributed by atoms with van der Waals surface area (Å²) in [4.78, 5) is 19.9. The van der Waals surface area contributed by atoms with Crippen LogP contribution in [-0.4, -0.2) is 68.7 Å². The number of nitrogens with zero attached hydrogens (tertiary/aromatic N) is 8. The highest BCUT2D eigenvalue weighted by Gasteiger charge is 2.34. The molecule has 5 heterocycles. The summed E-state index contributed by atoms with van der Waals surface area (Å²) >= 11 is 1.19. The van der Waals surface area contributed by atoms with Gasteiger partial charge in [0.25, 0.3) is 0 Å². The van der Waals surface area contributed by atoms with Gasteiger partial charge in [-0.3, -0.25) is 9.67 Å². The Labute approximate surface area is 279 Å². The van der Waals surface area contributed by atoms with Crippen LogP contribution in [0.25, 0.3) is 32.9 Å². The molecule has 2 atom stereocenters. The van der Waals surface area contributed by atoms with E-state index in [-0.39, 0.29) is 29.4 Å². The van der Waals surface area contributed by atoms with Crippen LogP contribution in [0.15, 0.2) is 63.2 Å². The zero-order valence-electron chi connectivity index (χ0n) is 26.1. The maximum Gasteiger partial charge on any atom is 0.319 e. The van der Waals surface area contributed by atoms with Crippen LogP contribution in [-0.2, 0) is 6.54 Å². The van der Waals surface area contributed by atoms with Crippen molar-refractivity contribution in [3.8, 4) is 29.6 Å². The first kappa shape index (κ1) is 31.5. The van der Waals surface area contributed by atoms with Gasteiger partial charge in [-0.2, -0.15) is 19.5 Å². The second-order valence-electron chi connectivity index (χ2n) is 11.7. The number of hydrogen-bond donors (Lipinski definition) is 2. The lowest BCUT2D eigenvalue weighted by Crippen LogP contribution is -2.51. The third-order valence-corrected chi connectivity index (χ3v) is 8.99. The molecular formula is C34H32F2N10OS. The van der Waals surface area contributed by atoms with E-state index in [1.54, 1.807) is 42.1 Å². The first-order valence-corrected chi connectivity index (χ1v) is 16.4. The molecule has 3 aromatic heterocycles. The fourth-order valence-electron chi connectivity index (χ4n) is 6.28. The molecular weight excluding hydrogens is 635 g/mol. The van der Waals surface area contributed by atoms with Gasteiger partial charge in [0.15, 0.2) is 5.82 Å². The van der Waals surface area contributed by atoms with Gasteiger partial charge >= 0.3 is 6.01 Å². The predicted molar refractivity (Wildman–Crippen MR) is 184 cm³/mol. The molecule has 3 N–H and O–H groups in total. The van der Waals surface area contributed by atoms with Gasteiger partial charge in [0.1, 0.15) is 34.2 Å². The fourth-order valence-corrected chi connectivity index (χ4v) is 6.74. The summed E-state index contributed by atoms with van der Waals surface area (Å²) in [6.45, 7) is 3.98. The number of halogens is 2. The van der Waals surface area contributed by atoms with Crippen molar-refractivity contribution >= 4 is 51.6 Å². The van der Waals surface area contributed by atoms with E-state index in [0.717, 1.165) is 25.9 Å². The number of nitrogens with two attached hydrogens (primary N) is 1. The van der Waals surface area contributed by atoms with Gasteiger partial charge in [0.05, 0.1) is 23.4 Å². The Kier molecular flexibility index (Phi) is 8.88. The summed E-state index contributed by atoms with van der Waals surface area (Å²) in [5, 5.41) is 10.4. The smallest absolute Gasteiger partial charge is 0.319 e. The van der Waals surface area contributed by atoms with Crippen molar-refractivity contribution in [1.82, 2.24) is 30.0 Å². The van der Waals surface area contributed by atoms with Gasteiger partial charge in [-0.1, -0.05) is 30.2 Å². The maximum atomic E-state index is 16.7. The summed E-state index contributed by atoms with van der Waals surface area (Å²) < 4.78 is 43.4. The minimum atomic E-state index is -0.657. The van der Waals surface area contributed by atoms with Crippen LogP contribution < -0.4 is 20.7 Å². The number of piperazine rings is 1. The first-order valence-electron chi connectivity index (χ1n) is 15.6. The van der Waals surface area contributed by atoms with Crippen LogP contribution in [0, 0.1) is 24.0 Å². The summed E-state index contributed by atoms with van der Waals surface area (Å²) in [7, 11) is 0. The topological polar surface area (TPSA) is 132 Å². The van der Waals surface area contributed by atoms with Crippen molar-refractivity contribution in [3.05, 3.63) is 66.0 Å². The number of fused-ring (bicyclic) bond motifs is 4. The molecule has 0 amide bonds. The van der Waals surface area contributed by atoms with Crippen LogP contribution in [0.3, 0.4) is 0 Å². The molecule has 0 aliphatic carbocycles. The van der Waals surface area contributed by atoms with Gasteiger partial charge in [-0.25, -0.2) is 13.8 Å². The maximum absolute atomic E-state index is 16.7. The van der Waals surface area contributed by atoms with E-state index in [0.29, 0.717) is 63.5 Å². The molecule has 48 heavy (non-hydrogen) atoms. The van der Waals surface area contributed by atoms with Crippen molar-refractivity contribution < 1.29 is 13.5 Å². The van der Waals surface area contributed by atoms with Crippen LogP contribution in [0.5, 0.6) is 6.01 Å². The van der Waals surface area contributed by atoms with E-state index in [2.05, 4.69) is 40.6 Å². The van der Waals surface area contributed by atoms with E-state index in [1.807, 2.05) is 12.3 Å². The molecule has 2 saturated heterocycles. The molecule has 7 rings (SSSR count). The molecule has 0 saturated carbocycles. The molecule has 14 heteroatoms. The number of nitrogens with one attached hydrogen (secondary N) is 1. The normalized spacial score (nSPS) is 17.9. The minimum absolute atomic E-state index is 0.0211. The van der Waals surface area contributed by atoms with Crippen LogP contribution in [0.4, 0.5) is 14.6 Å². The molecule has 2 bridgehead atoms. The number of terminal acetylenes is 1. The third-order valence-electron chi connectivity index (χ3n) is 8.39. The number of ether oxygens (including phenoxy) is 1. The zero-order chi connectivity index (χ0) is 33.2. The zero-order valence-corrected chi connectivity index (χ0v) is 26.9. The molecule has 5 aromatic rings. The van der Waals surface area contributed by atoms with E-state index in [4.69, 9.17) is 21.9 Å². The van der Waals surface area contributed by atoms with E-state index >= 15 is 4.39 Å². The standard InChI is InChI=1S/C34H32F2N10OS/c1-3-24-27(35)11-8-21-6-4-7-25(29(21)24)31-30(36)32-26(16-38-31)33(45-17-22-9-10-23(18-45)41-22)43-34(42-32)47-15-5-13-46-14-12-28(44-46)48-40-19-39-20(2)37/h1,4,6-8,11-12,14,16,19,22-23,41H,5,9-10,13,15,17-18H2,2H3,(H2,37,39,40). The number of rotatable bonds is 10. The van der Waals surface area contributed by atoms with Crippen molar-refractivity contribution in [2.45, 2.75) is 49.8 Å². The fraction of sp³-hybridized carbons (Fsp3) is 0.294. The number of aliphatic imine (C=N–C) groups is 1. The average Bonchev–Trinajstić information content (AvgIpc) is 3.69. The summed E-state index contributed by atoms with van der Waals surface area (Å²) in [5.41, 5.74) is 6.04. The molecule has 2 aliphatic rings. The highest BCUT2D eigenvalue weighted by atomic mass is 32.2. The average molecular weight is 667 g/mol. The lowest BCUT2D eigenvalue weighted by atomic mass is 9.96. The number of pyridine rings is 1. The van der Waals surface area contributed by atoms with Gasteiger partial charge in [0, 0.05) is 73.4 Å². The molecule has 2 aliphatic heterocycles. The highest BCUT2D eigenvalue weighted by Crippen LogP contribution is 2.37. The second-order valence-corrected chi connectivity index (χ2v) is 12.5. The number of anilines is 1. The Hall–Kier alpha value is -5.13. The Morgan fingerprint density at radius 3 is 2.81 bits per heavy atom. The molecule has 2 fully saturated rings. The number of aryl methyl sites for hydroxylation is 1. The summed E-state index contributed by atoms with van der Waals surface area (Å²) in [6.07, 6.45) is 13.3. The van der Waals surface area contributed by atoms with E-state index in [1.165, 1.54) is 24.4 Å². The second kappa shape index (κ2) is 13.5. The third kappa shape index (κ3) is 6.39. The Morgan fingerprint density at radius 2 is 2.02 bits per heavy atom. The van der Waals surface area contributed by atoms with Crippen LogP contribution >= 0.6 is 11.9 Å². The van der Waals surface area contributed by atoms with Gasteiger partial charge in [-0.15, -0.1) is 6.42 Å². The van der Waals surface area contributed by atoms with Gasteiger partial charge in [-0.05, 0) is 37.3 Å². The van der Waals surface area contributed by atoms with Crippen molar-refractivity contribution in [2.24, 2.45) is 15.1 Å². The molecule has 244 valence electrons. The van der Waals surface area contributed by atoms with Gasteiger partial charge in [0.2, 0.25) is 0 Å². The van der Waals surface area contributed by atoms with E-state index < -0.39 is 11.6 Å². The van der Waals surface area contributed by atoms with Crippen molar-refractivity contribution in [1.29, 1.82) is 0 Å². The first-order chi connectivity index (χ1) is 23.4. The van der Waals surface area contributed by atoms with Gasteiger partial charge < -0.3 is 20.7 Å². The van der Waals surface area contributed by atoms with Crippen molar-refractivity contribution in [3.63, 3.8) is 0 Å². The number of hydrogen-bond acceptors (Lipinski definition) is 9. The van der Waals surface area contributed by atoms with Crippen molar-refractivity contribution in [2.75, 3.05) is 24.6 Å². The molecule has 2 unspecified atom stereocenters. The monoisotopic (exact) mass is 666 g/mol. The lowest BCUT2D eigenvalue weighted by molar-refractivity contribution is 0.277. The highest BCUT2D eigenvalue weighted by molar-refractivity contribution is 7.98. The number of benzene rings is 2. The Bertz CT molecular complexity index is 2090. The molecule has 0 spiro atoms. The molecule has 11 nitrogen and oxygen atoms in total. The van der Waals surface area contributed by atoms with Crippen LogP contribution in [0.1, 0.15) is 31.7 Å². The number of amidine groups is 1. The predicted octanol–water partition coefficient (Wildman–Crippen LogP) is 5.12. The molecule has 0 radical (unpaired) electrons.